The molecule has 1 aromatic rings. The molecule has 2 bridgehead atoms. The number of hydrogen-bond donors (Lipinski definition) is 0. The van der Waals surface area contributed by atoms with Crippen LogP contribution in [0.5, 0.6) is 0 Å². The van der Waals surface area contributed by atoms with Crippen LogP contribution < -0.4 is 4.90 Å². The minimum absolute atomic E-state index is 0.204. The summed E-state index contributed by atoms with van der Waals surface area (Å²) in [4.78, 5) is 15.4. The fourth-order valence-electron chi connectivity index (χ4n) is 4.42. The first-order chi connectivity index (χ1) is 11.7. The lowest BCUT2D eigenvalue weighted by Crippen LogP contribution is -2.43. The molecular weight excluding hydrogens is 342 g/mol. The fraction of sp³-hybridized carbons (Fsp3) is 0.647. The quantitative estimate of drug-likeness (QED) is 0.600. The van der Waals surface area contributed by atoms with Crippen LogP contribution in [0.3, 0.4) is 0 Å². The highest BCUT2D eigenvalue weighted by Gasteiger charge is 2.40. The Morgan fingerprint density at radius 3 is 2.48 bits per heavy atom. The predicted molar refractivity (Wildman–Crippen MR) is 96.8 cm³/mol. The lowest BCUT2D eigenvalue weighted by Gasteiger charge is -2.32. The summed E-state index contributed by atoms with van der Waals surface area (Å²) in [7, 11) is -3.66. The Balaban J connectivity index is 2.02. The molecule has 2 aliphatic heterocycles. The number of nitro groups is 1. The zero-order chi connectivity index (χ0) is 18.4. The van der Waals surface area contributed by atoms with Crippen LogP contribution in [0.2, 0.25) is 0 Å². The van der Waals surface area contributed by atoms with Crippen LogP contribution in [0.1, 0.15) is 33.1 Å². The van der Waals surface area contributed by atoms with Gasteiger partial charge in [-0.15, -0.1) is 0 Å². The normalized spacial score (nSPS) is 24.6. The molecule has 2 saturated heterocycles. The lowest BCUT2D eigenvalue weighted by molar-refractivity contribution is -0.387. The van der Waals surface area contributed by atoms with E-state index < -0.39 is 14.8 Å². The molecule has 2 unspecified atom stereocenters. The molecule has 0 amide bonds. The zero-order valence-electron chi connectivity index (χ0n) is 14.9. The summed E-state index contributed by atoms with van der Waals surface area (Å²) in [5.74, 6) is 0. The number of rotatable bonds is 4. The van der Waals surface area contributed by atoms with Crippen LogP contribution in [-0.2, 0) is 9.84 Å². The average Bonchev–Trinajstić information content (AvgIpc) is 2.80. The van der Waals surface area contributed by atoms with Crippen LogP contribution in [0.4, 0.5) is 11.4 Å². The number of nitro benzene ring substituents is 1. The van der Waals surface area contributed by atoms with Crippen LogP contribution >= 0.6 is 0 Å². The van der Waals surface area contributed by atoms with Gasteiger partial charge in [-0.25, -0.2) is 8.42 Å². The Morgan fingerprint density at radius 2 is 1.88 bits per heavy atom. The first kappa shape index (κ1) is 18.1. The molecular formula is C17H25N3O4S. The molecule has 2 fully saturated rings. The van der Waals surface area contributed by atoms with E-state index in [1.54, 1.807) is 12.1 Å². The Kier molecular flexibility index (Phi) is 4.76. The van der Waals surface area contributed by atoms with Crippen LogP contribution in [-0.4, -0.2) is 55.7 Å². The largest absolute Gasteiger partial charge is 0.364 e. The van der Waals surface area contributed by atoms with Crippen molar-refractivity contribution in [2.24, 2.45) is 0 Å². The smallest absolute Gasteiger partial charge is 0.311 e. The number of para-hydroxylation sites is 1. The van der Waals surface area contributed by atoms with Gasteiger partial charge in [-0.2, -0.15) is 0 Å². The maximum absolute atomic E-state index is 12.0. The Morgan fingerprint density at radius 1 is 1.20 bits per heavy atom. The van der Waals surface area contributed by atoms with Gasteiger partial charge in [-0.05, 0) is 45.2 Å². The lowest BCUT2D eigenvalue weighted by atomic mass is 10.1. The van der Waals surface area contributed by atoms with Gasteiger partial charge in [0.15, 0.2) is 9.84 Å². The van der Waals surface area contributed by atoms with Crippen molar-refractivity contribution in [3.63, 3.8) is 0 Å². The molecule has 3 rings (SSSR count). The van der Waals surface area contributed by atoms with E-state index in [1.165, 1.54) is 12.5 Å². The molecule has 1 aromatic carbocycles. The van der Waals surface area contributed by atoms with E-state index in [4.69, 9.17) is 0 Å². The summed E-state index contributed by atoms with van der Waals surface area (Å²) in [6, 6.07) is 5.89. The SMILES string of the molecule is CC(C)N1C2CCC1CN(c1cccc(S(C)(=O)=O)c1[N+](=O)[O-])CC2. The summed E-state index contributed by atoms with van der Waals surface area (Å²) in [6.07, 6.45) is 4.21. The third-order valence-electron chi connectivity index (χ3n) is 5.34. The second kappa shape index (κ2) is 6.57. The topological polar surface area (TPSA) is 83.8 Å². The third-order valence-corrected chi connectivity index (χ3v) is 6.46. The van der Waals surface area contributed by atoms with Gasteiger partial charge < -0.3 is 4.90 Å². The number of anilines is 1. The van der Waals surface area contributed by atoms with Crippen molar-refractivity contribution in [3.05, 3.63) is 28.3 Å². The van der Waals surface area contributed by atoms with Crippen LogP contribution in [0.15, 0.2) is 23.1 Å². The highest BCUT2D eigenvalue weighted by atomic mass is 32.2. The van der Waals surface area contributed by atoms with Crippen molar-refractivity contribution in [3.8, 4) is 0 Å². The van der Waals surface area contributed by atoms with Gasteiger partial charge in [0.2, 0.25) is 0 Å². The molecule has 2 aliphatic rings. The van der Waals surface area contributed by atoms with Crippen molar-refractivity contribution in [1.82, 2.24) is 4.90 Å². The van der Waals surface area contributed by atoms with Crippen LogP contribution in [0, 0.1) is 10.1 Å². The Hall–Kier alpha value is -1.67. The van der Waals surface area contributed by atoms with Crippen molar-refractivity contribution < 1.29 is 13.3 Å². The number of fused-ring (bicyclic) bond motifs is 2. The molecule has 8 heteroatoms. The number of nitrogens with zero attached hydrogens (tertiary/aromatic N) is 3. The molecule has 0 saturated carbocycles. The zero-order valence-corrected chi connectivity index (χ0v) is 15.7. The van der Waals surface area contributed by atoms with Gasteiger partial charge in [-0.3, -0.25) is 15.0 Å². The minimum Gasteiger partial charge on any atom is -0.364 e. The highest BCUT2D eigenvalue weighted by Crippen LogP contribution is 2.39. The number of hydrogen-bond acceptors (Lipinski definition) is 6. The Bertz CT molecular complexity index is 778. The first-order valence-corrected chi connectivity index (χ1v) is 10.6. The third kappa shape index (κ3) is 3.37. The highest BCUT2D eigenvalue weighted by molar-refractivity contribution is 7.90. The summed E-state index contributed by atoms with van der Waals surface area (Å²) >= 11 is 0. The number of sulfone groups is 1. The van der Waals surface area contributed by atoms with Crippen molar-refractivity contribution in [2.45, 2.75) is 56.1 Å². The predicted octanol–water partition coefficient (Wildman–Crippen LogP) is 2.45. The minimum atomic E-state index is -3.66. The molecule has 0 spiro atoms. The van der Waals surface area contributed by atoms with Gasteiger partial charge in [-0.1, -0.05) is 6.07 Å². The summed E-state index contributed by atoms with van der Waals surface area (Å²) in [6.45, 7) is 5.78. The van der Waals surface area contributed by atoms with Crippen molar-refractivity contribution in [2.75, 3.05) is 24.2 Å². The molecule has 2 atom stereocenters. The fourth-order valence-corrected chi connectivity index (χ4v) is 5.28. The van der Waals surface area contributed by atoms with Gasteiger partial charge >= 0.3 is 5.69 Å². The van der Waals surface area contributed by atoms with E-state index in [-0.39, 0.29) is 10.6 Å². The molecule has 2 heterocycles. The van der Waals surface area contributed by atoms with E-state index in [9.17, 15) is 18.5 Å². The van der Waals surface area contributed by atoms with E-state index in [1.807, 2.05) is 4.90 Å². The van der Waals surface area contributed by atoms with Gasteiger partial charge in [0.25, 0.3) is 0 Å². The molecule has 0 aromatic heterocycles. The molecule has 0 N–H and O–H groups in total. The van der Waals surface area contributed by atoms with Gasteiger partial charge in [0.1, 0.15) is 10.6 Å². The van der Waals surface area contributed by atoms with E-state index in [0.29, 0.717) is 36.9 Å². The Labute approximate surface area is 148 Å². The first-order valence-electron chi connectivity index (χ1n) is 8.70. The van der Waals surface area contributed by atoms with Crippen LogP contribution in [0.25, 0.3) is 0 Å². The summed E-state index contributed by atoms with van der Waals surface area (Å²) < 4.78 is 24.0. The van der Waals surface area contributed by atoms with Gasteiger partial charge in [0.05, 0.1) is 4.92 Å². The average molecular weight is 367 g/mol. The summed E-state index contributed by atoms with van der Waals surface area (Å²) in [5.41, 5.74) is 0.128. The monoisotopic (exact) mass is 367 g/mol. The van der Waals surface area contributed by atoms with Crippen molar-refractivity contribution in [1.29, 1.82) is 0 Å². The molecule has 0 aliphatic carbocycles. The maximum atomic E-state index is 12.0. The maximum Gasteiger partial charge on any atom is 0.311 e. The van der Waals surface area contributed by atoms with Crippen molar-refractivity contribution >= 4 is 21.2 Å². The molecule has 138 valence electrons. The second-order valence-corrected chi connectivity index (χ2v) is 9.30. The van der Waals surface area contributed by atoms with Gasteiger partial charge in [0, 0.05) is 37.5 Å². The molecule has 25 heavy (non-hydrogen) atoms. The summed E-state index contributed by atoms with van der Waals surface area (Å²) in [5, 5.41) is 11.7. The molecule has 0 radical (unpaired) electrons. The van der Waals surface area contributed by atoms with E-state index in [0.717, 1.165) is 19.1 Å². The second-order valence-electron chi connectivity index (χ2n) is 7.31. The number of benzene rings is 1. The van der Waals surface area contributed by atoms with E-state index >= 15 is 0 Å². The van der Waals surface area contributed by atoms with E-state index in [2.05, 4.69) is 18.7 Å². The molecule has 7 nitrogen and oxygen atoms in total. The standard InChI is InChI=1S/C17H25N3O4S/c1-12(2)19-13-7-8-14(19)11-18(10-9-13)15-5-4-6-16(25(3,23)24)17(15)20(21)22/h4-6,12-14H,7-11H2,1-3H3.